The molecule has 0 fully saturated rings. The highest BCUT2D eigenvalue weighted by Gasteiger charge is 2.10. The van der Waals surface area contributed by atoms with Crippen molar-refractivity contribution in [3.05, 3.63) is 71.0 Å². The Morgan fingerprint density at radius 1 is 1.07 bits per heavy atom. The number of benzene rings is 2. The molecular weight excluding hydrogens is 340 g/mol. The smallest absolute Gasteiger partial charge is 0.251 e. The molecule has 1 heterocycles. The predicted octanol–water partition coefficient (Wildman–Crippen LogP) is 2.97. The third kappa shape index (κ3) is 4.28. The number of amides is 1. The first-order chi connectivity index (χ1) is 13.1. The highest BCUT2D eigenvalue weighted by atomic mass is 16.3. The minimum Gasteiger partial charge on any atom is -0.459 e. The number of hydrogen-bond donors (Lipinski definition) is 3. The first-order valence-electron chi connectivity index (χ1n) is 8.85. The van der Waals surface area contributed by atoms with Crippen LogP contribution in [-0.4, -0.2) is 26.0 Å². The summed E-state index contributed by atoms with van der Waals surface area (Å²) in [5.74, 6) is 1.46. The van der Waals surface area contributed by atoms with Gasteiger partial charge in [-0.2, -0.15) is 0 Å². The first kappa shape index (κ1) is 18.5. The van der Waals surface area contributed by atoms with Gasteiger partial charge in [0.1, 0.15) is 11.3 Å². The van der Waals surface area contributed by atoms with Crippen LogP contribution in [0.15, 0.2) is 57.9 Å². The van der Waals surface area contributed by atoms with Crippen LogP contribution in [0, 0.1) is 6.92 Å². The van der Waals surface area contributed by atoms with Gasteiger partial charge >= 0.3 is 0 Å². The van der Waals surface area contributed by atoms with E-state index in [0.717, 1.165) is 27.9 Å². The van der Waals surface area contributed by atoms with Crippen molar-refractivity contribution < 1.29 is 9.21 Å². The number of aryl methyl sites for hydroxylation is 1. The maximum Gasteiger partial charge on any atom is 0.251 e. The molecule has 0 saturated heterocycles. The van der Waals surface area contributed by atoms with Crippen LogP contribution in [0.1, 0.15) is 27.2 Å². The summed E-state index contributed by atoms with van der Waals surface area (Å²) < 4.78 is 5.92. The zero-order valence-electron chi connectivity index (χ0n) is 15.8. The molecule has 0 spiro atoms. The van der Waals surface area contributed by atoms with E-state index in [1.165, 1.54) is 0 Å². The largest absolute Gasteiger partial charge is 0.459 e. The molecular formula is C21H24N4O2. The highest BCUT2D eigenvalue weighted by molar-refractivity contribution is 5.94. The van der Waals surface area contributed by atoms with E-state index in [4.69, 9.17) is 4.42 Å². The van der Waals surface area contributed by atoms with Crippen molar-refractivity contribution in [2.45, 2.75) is 20.0 Å². The lowest BCUT2D eigenvalue weighted by Crippen LogP contribution is -2.36. The Bertz CT molecular complexity index is 975. The highest BCUT2D eigenvalue weighted by Crippen LogP contribution is 2.24. The molecule has 140 valence electrons. The van der Waals surface area contributed by atoms with Gasteiger partial charge in [-0.1, -0.05) is 30.3 Å². The third-order valence-electron chi connectivity index (χ3n) is 4.46. The normalized spacial score (nSPS) is 11.4. The van der Waals surface area contributed by atoms with Gasteiger partial charge in [-0.3, -0.25) is 9.79 Å². The molecule has 3 rings (SSSR count). The van der Waals surface area contributed by atoms with Crippen LogP contribution in [0.3, 0.4) is 0 Å². The lowest BCUT2D eigenvalue weighted by Gasteiger charge is -2.12. The molecule has 0 unspecified atom stereocenters. The van der Waals surface area contributed by atoms with E-state index in [2.05, 4.69) is 33.9 Å². The second-order valence-corrected chi connectivity index (χ2v) is 6.21. The molecule has 0 bridgehead atoms. The Kier molecular flexibility index (Phi) is 5.76. The molecule has 0 aliphatic heterocycles. The second kappa shape index (κ2) is 8.40. The van der Waals surface area contributed by atoms with Gasteiger partial charge in [-0.15, -0.1) is 0 Å². The maximum absolute atomic E-state index is 11.7. The molecule has 3 N–H and O–H groups in total. The van der Waals surface area contributed by atoms with Crippen LogP contribution in [0.5, 0.6) is 0 Å². The molecule has 2 aromatic carbocycles. The number of fused-ring (bicyclic) bond motifs is 1. The number of nitrogens with one attached hydrogen (secondary N) is 3. The van der Waals surface area contributed by atoms with Gasteiger partial charge in [0.15, 0.2) is 5.96 Å². The van der Waals surface area contributed by atoms with Crippen LogP contribution in [0.25, 0.3) is 11.0 Å². The Morgan fingerprint density at radius 2 is 1.85 bits per heavy atom. The Balaban J connectivity index is 1.61. The summed E-state index contributed by atoms with van der Waals surface area (Å²) >= 11 is 0. The molecule has 1 amide bonds. The number of carbonyl (C=O) groups excluding carboxylic acids is 1. The van der Waals surface area contributed by atoms with E-state index < -0.39 is 0 Å². The Labute approximate surface area is 158 Å². The van der Waals surface area contributed by atoms with E-state index in [9.17, 15) is 4.79 Å². The predicted molar refractivity (Wildman–Crippen MR) is 108 cm³/mol. The molecule has 0 aliphatic rings. The molecule has 0 saturated carbocycles. The lowest BCUT2D eigenvalue weighted by molar-refractivity contribution is 0.0963. The van der Waals surface area contributed by atoms with E-state index in [0.29, 0.717) is 24.6 Å². The number of aliphatic imine (C=N–C) groups is 1. The summed E-state index contributed by atoms with van der Waals surface area (Å²) in [6.45, 7) is 3.16. The van der Waals surface area contributed by atoms with Gasteiger partial charge < -0.3 is 20.4 Å². The van der Waals surface area contributed by atoms with Crippen molar-refractivity contribution in [1.29, 1.82) is 0 Å². The van der Waals surface area contributed by atoms with Crippen molar-refractivity contribution in [1.82, 2.24) is 16.0 Å². The van der Waals surface area contributed by atoms with Gasteiger partial charge in [-0.25, -0.2) is 0 Å². The molecule has 6 nitrogen and oxygen atoms in total. The topological polar surface area (TPSA) is 78.7 Å². The quantitative estimate of drug-likeness (QED) is 0.480. The summed E-state index contributed by atoms with van der Waals surface area (Å²) in [7, 11) is 3.35. The first-order valence-corrected chi connectivity index (χ1v) is 8.85. The third-order valence-corrected chi connectivity index (χ3v) is 4.46. The summed E-state index contributed by atoms with van der Waals surface area (Å²) in [5.41, 5.74) is 3.66. The van der Waals surface area contributed by atoms with Crippen molar-refractivity contribution in [3.63, 3.8) is 0 Å². The van der Waals surface area contributed by atoms with E-state index in [-0.39, 0.29) is 5.91 Å². The fourth-order valence-electron chi connectivity index (χ4n) is 2.93. The van der Waals surface area contributed by atoms with Crippen LogP contribution in [0.4, 0.5) is 0 Å². The number of para-hydroxylation sites is 1. The van der Waals surface area contributed by atoms with Gasteiger partial charge in [0.25, 0.3) is 5.91 Å². The van der Waals surface area contributed by atoms with Crippen LogP contribution in [0.2, 0.25) is 0 Å². The molecule has 0 atom stereocenters. The monoisotopic (exact) mass is 364 g/mol. The number of hydrogen-bond acceptors (Lipinski definition) is 3. The van der Waals surface area contributed by atoms with Crippen LogP contribution < -0.4 is 16.0 Å². The number of rotatable bonds is 5. The molecule has 1 aromatic heterocycles. The fourth-order valence-corrected chi connectivity index (χ4v) is 2.93. The summed E-state index contributed by atoms with van der Waals surface area (Å²) in [5, 5.41) is 10.3. The van der Waals surface area contributed by atoms with E-state index in [1.54, 1.807) is 20.2 Å². The Morgan fingerprint density at radius 3 is 2.59 bits per heavy atom. The second-order valence-electron chi connectivity index (χ2n) is 6.21. The maximum atomic E-state index is 11.7. The SMILES string of the molecule is CN=C(NCc1cccc(C(=O)NC)c1)NCc1oc2ccccc2c1C. The average Bonchev–Trinajstić information content (AvgIpc) is 3.03. The van der Waals surface area contributed by atoms with Crippen LogP contribution in [-0.2, 0) is 13.1 Å². The van der Waals surface area contributed by atoms with Crippen molar-refractivity contribution in [3.8, 4) is 0 Å². The number of nitrogens with zero attached hydrogens (tertiary/aromatic N) is 1. The van der Waals surface area contributed by atoms with E-state index >= 15 is 0 Å². The minimum atomic E-state index is -0.0975. The summed E-state index contributed by atoms with van der Waals surface area (Å²) in [6.07, 6.45) is 0. The average molecular weight is 364 g/mol. The molecule has 0 aliphatic carbocycles. The number of furan rings is 1. The van der Waals surface area contributed by atoms with E-state index in [1.807, 2.05) is 36.4 Å². The summed E-state index contributed by atoms with van der Waals surface area (Å²) in [6, 6.07) is 15.5. The Hall–Kier alpha value is -3.28. The van der Waals surface area contributed by atoms with Gasteiger partial charge in [-0.05, 0) is 30.7 Å². The zero-order chi connectivity index (χ0) is 19.2. The molecule has 0 radical (unpaired) electrons. The number of guanidine groups is 1. The number of carbonyl (C=O) groups is 1. The van der Waals surface area contributed by atoms with Gasteiger partial charge in [0.05, 0.1) is 6.54 Å². The molecule has 3 aromatic rings. The summed E-state index contributed by atoms with van der Waals surface area (Å²) in [4.78, 5) is 16.0. The minimum absolute atomic E-state index is 0.0975. The molecule has 6 heteroatoms. The van der Waals surface area contributed by atoms with Crippen molar-refractivity contribution >= 4 is 22.8 Å². The van der Waals surface area contributed by atoms with Crippen LogP contribution >= 0.6 is 0 Å². The molecule has 27 heavy (non-hydrogen) atoms. The fraction of sp³-hybridized carbons (Fsp3) is 0.238. The lowest BCUT2D eigenvalue weighted by atomic mass is 10.1. The zero-order valence-corrected chi connectivity index (χ0v) is 15.8. The van der Waals surface area contributed by atoms with Gasteiger partial charge in [0, 0.05) is 37.2 Å². The van der Waals surface area contributed by atoms with Gasteiger partial charge in [0.2, 0.25) is 0 Å². The van der Waals surface area contributed by atoms with Crippen molar-refractivity contribution in [2.24, 2.45) is 4.99 Å². The standard InChI is InChI=1S/C21H24N4O2/c1-14-17-9-4-5-10-18(17)27-19(14)13-25-21(23-3)24-12-15-7-6-8-16(11-15)20(26)22-2/h4-11H,12-13H2,1-3H3,(H,22,26)(H2,23,24,25). The van der Waals surface area contributed by atoms with Crippen molar-refractivity contribution in [2.75, 3.05) is 14.1 Å².